The summed E-state index contributed by atoms with van der Waals surface area (Å²) in [5.74, 6) is -1.26. The number of carboxylic acid groups (broad SMARTS) is 1. The largest absolute Gasteiger partial charge is 0.477 e. The zero-order valence-corrected chi connectivity index (χ0v) is 13.3. The lowest BCUT2D eigenvalue weighted by atomic mass is 9.76. The van der Waals surface area contributed by atoms with Crippen molar-refractivity contribution in [1.29, 1.82) is 0 Å². The highest BCUT2D eigenvalue weighted by Gasteiger charge is 2.59. The van der Waals surface area contributed by atoms with Gasteiger partial charge < -0.3 is 19.8 Å². The van der Waals surface area contributed by atoms with Crippen LogP contribution in [0.15, 0.2) is 10.6 Å². The molecule has 2 aliphatic rings. The molecule has 1 fully saturated rings. The molecule has 0 aromatic carbocycles. The Bertz CT molecular complexity index is 482. The Morgan fingerprint density at radius 3 is 2.71 bits per heavy atom. The summed E-state index contributed by atoms with van der Waals surface area (Å²) in [6, 6.07) is -0.238. The number of hydrogen-bond acceptors (Lipinski definition) is 5. The van der Waals surface area contributed by atoms with Crippen molar-refractivity contribution < 1.29 is 24.5 Å². The van der Waals surface area contributed by atoms with Crippen LogP contribution in [0.5, 0.6) is 0 Å². The lowest BCUT2D eigenvalue weighted by molar-refractivity contribution is -0.169. The number of carboxylic acids is 1. The van der Waals surface area contributed by atoms with Crippen LogP contribution in [-0.2, 0) is 14.3 Å². The molecular formula is C14H21NO5S. The monoisotopic (exact) mass is 315 g/mol. The van der Waals surface area contributed by atoms with E-state index in [0.717, 1.165) is 0 Å². The van der Waals surface area contributed by atoms with Gasteiger partial charge in [0.2, 0.25) is 5.91 Å². The average Bonchev–Trinajstić information content (AvgIpc) is 2.67. The van der Waals surface area contributed by atoms with E-state index in [1.54, 1.807) is 13.8 Å². The first-order chi connectivity index (χ1) is 9.79. The number of fused-ring (bicyclic) bond motifs is 1. The van der Waals surface area contributed by atoms with Crippen LogP contribution in [0.4, 0.5) is 0 Å². The predicted octanol–water partition coefficient (Wildman–Crippen LogP) is 1.05. The third-order valence-corrected chi connectivity index (χ3v) is 4.87. The number of ether oxygens (including phenoxy) is 1. The Hall–Kier alpha value is -1.05. The zero-order valence-electron chi connectivity index (χ0n) is 12.5. The molecule has 2 unspecified atom stereocenters. The first kappa shape index (κ1) is 16.3. The number of aliphatic hydroxyl groups is 1. The molecule has 0 aromatic heterocycles. The maximum Gasteiger partial charge on any atom is 0.353 e. The molecule has 0 radical (unpaired) electrons. The summed E-state index contributed by atoms with van der Waals surface area (Å²) in [6.45, 7) is 6.26. The topological polar surface area (TPSA) is 87.1 Å². The number of aliphatic carboxylic acids is 1. The zero-order chi connectivity index (χ0) is 15.8. The van der Waals surface area contributed by atoms with Crippen molar-refractivity contribution in [3.63, 3.8) is 0 Å². The Labute approximate surface area is 128 Å². The number of carbonyl (C=O) groups is 2. The third-order valence-electron chi connectivity index (χ3n) is 3.79. The Morgan fingerprint density at radius 2 is 2.19 bits per heavy atom. The first-order valence-electron chi connectivity index (χ1n) is 7.01. The number of hydrogen-bond donors (Lipinski definition) is 2. The summed E-state index contributed by atoms with van der Waals surface area (Å²) in [5.41, 5.74) is -1.06. The van der Waals surface area contributed by atoms with Crippen molar-refractivity contribution in [2.75, 3.05) is 19.0 Å². The number of amides is 1. The van der Waals surface area contributed by atoms with Gasteiger partial charge in [-0.05, 0) is 20.8 Å². The summed E-state index contributed by atoms with van der Waals surface area (Å²) < 4.78 is 5.24. The second-order valence-electron chi connectivity index (χ2n) is 5.73. The Balaban J connectivity index is 2.11. The van der Waals surface area contributed by atoms with Crippen LogP contribution >= 0.6 is 11.8 Å². The van der Waals surface area contributed by atoms with Crippen molar-refractivity contribution in [1.82, 2.24) is 4.90 Å². The van der Waals surface area contributed by atoms with Crippen LogP contribution in [0.25, 0.3) is 0 Å². The normalized spacial score (nSPS) is 25.1. The van der Waals surface area contributed by atoms with Crippen molar-refractivity contribution in [3.8, 4) is 0 Å². The van der Waals surface area contributed by atoms with Gasteiger partial charge in [-0.2, -0.15) is 0 Å². The quantitative estimate of drug-likeness (QED) is 0.539. The maximum atomic E-state index is 12.2. The van der Waals surface area contributed by atoms with Gasteiger partial charge in [-0.3, -0.25) is 4.79 Å². The van der Waals surface area contributed by atoms with E-state index in [0.29, 0.717) is 30.3 Å². The molecule has 118 valence electrons. The molecule has 0 bridgehead atoms. The lowest BCUT2D eigenvalue weighted by Gasteiger charge is -2.48. The molecule has 6 nitrogen and oxygen atoms in total. The van der Waals surface area contributed by atoms with Gasteiger partial charge in [0.05, 0.1) is 24.2 Å². The minimum absolute atomic E-state index is 0.0759. The van der Waals surface area contributed by atoms with Gasteiger partial charge in [-0.1, -0.05) is 0 Å². The van der Waals surface area contributed by atoms with Crippen molar-refractivity contribution >= 4 is 23.6 Å². The van der Waals surface area contributed by atoms with E-state index in [1.165, 1.54) is 16.7 Å². The Kier molecular flexibility index (Phi) is 4.65. The van der Waals surface area contributed by atoms with Crippen LogP contribution in [-0.4, -0.2) is 57.6 Å². The standard InChI is InChI=1S/C14H21NO5S/c1-4-20-5-6-21-9-7-8-10(14(2,3)19)12(16)15(8)11(9)13(17)18/h8,10,19H,4-7H2,1-3H3,(H,17,18). The lowest BCUT2D eigenvalue weighted by Crippen LogP contribution is -2.65. The van der Waals surface area contributed by atoms with E-state index < -0.39 is 17.5 Å². The SMILES string of the molecule is CCOCCSC1=C(C(=O)O)N2C(=O)C(C(C)(C)O)C2C1. The number of rotatable bonds is 7. The Morgan fingerprint density at radius 1 is 1.52 bits per heavy atom. The molecular weight excluding hydrogens is 294 g/mol. The molecule has 2 aliphatic heterocycles. The summed E-state index contributed by atoms with van der Waals surface area (Å²) in [6.07, 6.45) is 0.499. The van der Waals surface area contributed by atoms with Gasteiger partial charge in [0.25, 0.3) is 0 Å². The molecule has 2 N–H and O–H groups in total. The molecule has 7 heteroatoms. The van der Waals surface area contributed by atoms with Crippen LogP contribution < -0.4 is 0 Å². The van der Waals surface area contributed by atoms with Gasteiger partial charge >= 0.3 is 5.97 Å². The molecule has 21 heavy (non-hydrogen) atoms. The summed E-state index contributed by atoms with van der Waals surface area (Å²) in [5, 5.41) is 19.4. The molecule has 0 aliphatic carbocycles. The maximum absolute atomic E-state index is 12.2. The van der Waals surface area contributed by atoms with Crippen molar-refractivity contribution in [3.05, 3.63) is 10.6 Å². The molecule has 1 amide bonds. The van der Waals surface area contributed by atoms with E-state index in [1.807, 2.05) is 6.92 Å². The minimum atomic E-state index is -1.13. The van der Waals surface area contributed by atoms with Crippen LogP contribution in [0.2, 0.25) is 0 Å². The molecule has 0 saturated carbocycles. The smallest absolute Gasteiger partial charge is 0.353 e. The second-order valence-corrected chi connectivity index (χ2v) is 6.92. The molecule has 0 aromatic rings. The molecule has 2 atom stereocenters. The van der Waals surface area contributed by atoms with Gasteiger partial charge in [0, 0.05) is 23.7 Å². The number of thioether (sulfide) groups is 1. The highest BCUT2D eigenvalue weighted by atomic mass is 32.2. The van der Waals surface area contributed by atoms with Gasteiger partial charge in [-0.15, -0.1) is 11.8 Å². The van der Waals surface area contributed by atoms with E-state index in [4.69, 9.17) is 4.74 Å². The average molecular weight is 315 g/mol. The summed E-state index contributed by atoms with van der Waals surface area (Å²) in [4.78, 5) is 25.6. The van der Waals surface area contributed by atoms with Crippen LogP contribution in [0.3, 0.4) is 0 Å². The highest BCUT2D eigenvalue weighted by molar-refractivity contribution is 8.03. The highest BCUT2D eigenvalue weighted by Crippen LogP contribution is 2.49. The van der Waals surface area contributed by atoms with Gasteiger partial charge in [0.15, 0.2) is 0 Å². The summed E-state index contributed by atoms with van der Waals surface area (Å²) >= 11 is 1.42. The van der Waals surface area contributed by atoms with Crippen LogP contribution in [0, 0.1) is 5.92 Å². The fraction of sp³-hybridized carbons (Fsp3) is 0.714. The summed E-state index contributed by atoms with van der Waals surface area (Å²) in [7, 11) is 0. The fourth-order valence-corrected chi connectivity index (χ4v) is 4.00. The van der Waals surface area contributed by atoms with Crippen molar-refractivity contribution in [2.24, 2.45) is 5.92 Å². The van der Waals surface area contributed by atoms with Gasteiger partial charge in [0.1, 0.15) is 5.70 Å². The predicted molar refractivity (Wildman–Crippen MR) is 78.7 cm³/mol. The second kappa shape index (κ2) is 5.98. The number of β-lactam (4-membered cyclic amide) rings is 1. The fourth-order valence-electron chi connectivity index (χ4n) is 2.94. The first-order valence-corrected chi connectivity index (χ1v) is 8.00. The molecule has 1 saturated heterocycles. The van der Waals surface area contributed by atoms with Crippen LogP contribution in [0.1, 0.15) is 27.2 Å². The molecule has 2 rings (SSSR count). The number of nitrogens with zero attached hydrogens (tertiary/aromatic N) is 1. The minimum Gasteiger partial charge on any atom is -0.477 e. The molecule has 2 heterocycles. The molecule has 0 spiro atoms. The number of carbonyl (C=O) groups excluding carboxylic acids is 1. The van der Waals surface area contributed by atoms with Gasteiger partial charge in [-0.25, -0.2) is 4.79 Å². The van der Waals surface area contributed by atoms with Crippen molar-refractivity contribution in [2.45, 2.75) is 38.8 Å². The van der Waals surface area contributed by atoms with E-state index in [9.17, 15) is 19.8 Å². The van der Waals surface area contributed by atoms with E-state index in [-0.39, 0.29) is 17.6 Å². The van der Waals surface area contributed by atoms with E-state index >= 15 is 0 Å². The van der Waals surface area contributed by atoms with E-state index in [2.05, 4.69) is 0 Å². The third kappa shape index (κ3) is 2.95.